The Balaban J connectivity index is 1.92. The van der Waals surface area contributed by atoms with Crippen LogP contribution < -0.4 is 10.5 Å². The zero-order valence-corrected chi connectivity index (χ0v) is 11.7. The van der Waals surface area contributed by atoms with Crippen LogP contribution in [-0.4, -0.2) is 31.0 Å². The molecule has 1 aliphatic heterocycles. The fourth-order valence-corrected chi connectivity index (χ4v) is 2.67. The minimum atomic E-state index is -0.153. The molecule has 2 rings (SSSR count). The standard InChI is InChI=1S/C15H22N2O2/c1-11-9-12(3-4-14(11)19-2)10-17-7-5-13(6-8-17)15(16)18/h3-4,9,13H,5-8,10H2,1-2H3,(H2,16,18). The van der Waals surface area contributed by atoms with Crippen LogP contribution in [0, 0.1) is 12.8 Å². The first kappa shape index (κ1) is 13.9. The Morgan fingerprint density at radius 2 is 2.11 bits per heavy atom. The Hall–Kier alpha value is -1.55. The summed E-state index contributed by atoms with van der Waals surface area (Å²) >= 11 is 0. The van der Waals surface area contributed by atoms with Crippen molar-refractivity contribution in [2.45, 2.75) is 26.3 Å². The lowest BCUT2D eigenvalue weighted by molar-refractivity contribution is -0.123. The van der Waals surface area contributed by atoms with Gasteiger partial charge in [-0.2, -0.15) is 0 Å². The van der Waals surface area contributed by atoms with Crippen LogP contribution in [0.5, 0.6) is 5.75 Å². The molecule has 1 aliphatic rings. The summed E-state index contributed by atoms with van der Waals surface area (Å²) in [6, 6.07) is 6.28. The maximum absolute atomic E-state index is 11.1. The molecule has 1 heterocycles. The molecule has 1 aromatic rings. The van der Waals surface area contributed by atoms with Crippen molar-refractivity contribution in [2.75, 3.05) is 20.2 Å². The van der Waals surface area contributed by atoms with Crippen LogP contribution in [0.4, 0.5) is 0 Å². The second-order valence-electron chi connectivity index (χ2n) is 5.26. The third-order valence-electron chi connectivity index (χ3n) is 3.86. The summed E-state index contributed by atoms with van der Waals surface area (Å²) in [4.78, 5) is 13.5. The van der Waals surface area contributed by atoms with Crippen LogP contribution in [0.3, 0.4) is 0 Å². The van der Waals surface area contributed by atoms with Gasteiger partial charge in [-0.25, -0.2) is 0 Å². The zero-order valence-electron chi connectivity index (χ0n) is 11.7. The van der Waals surface area contributed by atoms with Crippen LogP contribution in [-0.2, 0) is 11.3 Å². The molecule has 0 saturated carbocycles. The number of carbonyl (C=O) groups excluding carboxylic acids is 1. The lowest BCUT2D eigenvalue weighted by Gasteiger charge is -2.30. The Kier molecular flexibility index (Phi) is 4.43. The van der Waals surface area contributed by atoms with Gasteiger partial charge in [-0.3, -0.25) is 9.69 Å². The summed E-state index contributed by atoms with van der Waals surface area (Å²) in [5.41, 5.74) is 7.79. The molecule has 0 unspecified atom stereocenters. The summed E-state index contributed by atoms with van der Waals surface area (Å²) < 4.78 is 5.27. The third kappa shape index (κ3) is 3.47. The number of primary amides is 1. The maximum Gasteiger partial charge on any atom is 0.220 e. The van der Waals surface area contributed by atoms with Crippen molar-refractivity contribution >= 4 is 5.91 Å². The van der Waals surface area contributed by atoms with Crippen molar-refractivity contribution in [2.24, 2.45) is 11.7 Å². The highest BCUT2D eigenvalue weighted by Crippen LogP contribution is 2.22. The monoisotopic (exact) mass is 262 g/mol. The van der Waals surface area contributed by atoms with Gasteiger partial charge in [-0.05, 0) is 50.0 Å². The maximum atomic E-state index is 11.1. The molecule has 1 amide bonds. The second kappa shape index (κ2) is 6.06. The number of ether oxygens (including phenoxy) is 1. The van der Waals surface area contributed by atoms with Gasteiger partial charge in [0.2, 0.25) is 5.91 Å². The van der Waals surface area contributed by atoms with Crippen molar-refractivity contribution in [1.29, 1.82) is 0 Å². The van der Waals surface area contributed by atoms with E-state index in [2.05, 4.69) is 24.0 Å². The van der Waals surface area contributed by atoms with E-state index < -0.39 is 0 Å². The topological polar surface area (TPSA) is 55.6 Å². The van der Waals surface area contributed by atoms with E-state index in [1.807, 2.05) is 6.07 Å². The molecule has 104 valence electrons. The number of rotatable bonds is 4. The van der Waals surface area contributed by atoms with E-state index in [1.165, 1.54) is 5.56 Å². The van der Waals surface area contributed by atoms with E-state index in [-0.39, 0.29) is 11.8 Å². The molecule has 1 saturated heterocycles. The number of nitrogens with two attached hydrogens (primary N) is 1. The molecular formula is C15H22N2O2. The first-order valence-electron chi connectivity index (χ1n) is 6.75. The van der Waals surface area contributed by atoms with Crippen molar-refractivity contribution in [1.82, 2.24) is 4.90 Å². The fourth-order valence-electron chi connectivity index (χ4n) is 2.67. The number of hydrogen-bond acceptors (Lipinski definition) is 3. The molecule has 1 aromatic carbocycles. The number of amides is 1. The summed E-state index contributed by atoms with van der Waals surface area (Å²) in [7, 11) is 1.69. The van der Waals surface area contributed by atoms with Crippen molar-refractivity contribution < 1.29 is 9.53 Å². The van der Waals surface area contributed by atoms with Gasteiger partial charge in [-0.15, -0.1) is 0 Å². The summed E-state index contributed by atoms with van der Waals surface area (Å²) in [6.45, 7) is 4.87. The quantitative estimate of drug-likeness (QED) is 0.898. The number of aryl methyl sites for hydroxylation is 1. The lowest BCUT2D eigenvalue weighted by Crippen LogP contribution is -2.38. The van der Waals surface area contributed by atoms with Crippen LogP contribution in [0.25, 0.3) is 0 Å². The first-order valence-corrected chi connectivity index (χ1v) is 6.75. The number of carbonyl (C=O) groups is 1. The van der Waals surface area contributed by atoms with Gasteiger partial charge < -0.3 is 10.5 Å². The summed E-state index contributed by atoms with van der Waals surface area (Å²) in [5, 5.41) is 0. The molecular weight excluding hydrogens is 240 g/mol. The van der Waals surface area contributed by atoms with Gasteiger partial charge in [0.15, 0.2) is 0 Å². The number of piperidine rings is 1. The van der Waals surface area contributed by atoms with Crippen molar-refractivity contribution in [3.05, 3.63) is 29.3 Å². The molecule has 0 aromatic heterocycles. The normalized spacial score (nSPS) is 17.4. The Morgan fingerprint density at radius 3 is 2.63 bits per heavy atom. The summed E-state index contributed by atoms with van der Waals surface area (Å²) in [6.07, 6.45) is 1.76. The van der Waals surface area contributed by atoms with Gasteiger partial charge in [0.1, 0.15) is 5.75 Å². The number of likely N-dealkylation sites (tertiary alicyclic amines) is 1. The number of hydrogen-bond donors (Lipinski definition) is 1. The zero-order chi connectivity index (χ0) is 13.8. The average Bonchev–Trinajstić information content (AvgIpc) is 2.39. The molecule has 4 nitrogen and oxygen atoms in total. The average molecular weight is 262 g/mol. The Morgan fingerprint density at radius 1 is 1.42 bits per heavy atom. The Labute approximate surface area is 114 Å². The van der Waals surface area contributed by atoms with E-state index in [0.29, 0.717) is 0 Å². The number of methoxy groups -OCH3 is 1. The van der Waals surface area contributed by atoms with E-state index >= 15 is 0 Å². The molecule has 1 fully saturated rings. The van der Waals surface area contributed by atoms with Gasteiger partial charge >= 0.3 is 0 Å². The van der Waals surface area contributed by atoms with Crippen molar-refractivity contribution in [3.63, 3.8) is 0 Å². The molecule has 0 spiro atoms. The number of benzene rings is 1. The predicted molar refractivity (Wildman–Crippen MR) is 74.9 cm³/mol. The first-order chi connectivity index (χ1) is 9.10. The minimum absolute atomic E-state index is 0.0638. The van der Waals surface area contributed by atoms with E-state index in [0.717, 1.165) is 43.8 Å². The second-order valence-corrected chi connectivity index (χ2v) is 5.26. The van der Waals surface area contributed by atoms with Gasteiger partial charge in [0.05, 0.1) is 7.11 Å². The largest absolute Gasteiger partial charge is 0.496 e. The molecule has 0 aliphatic carbocycles. The lowest BCUT2D eigenvalue weighted by atomic mass is 9.96. The van der Waals surface area contributed by atoms with E-state index in [4.69, 9.17) is 10.5 Å². The van der Waals surface area contributed by atoms with Crippen LogP contribution >= 0.6 is 0 Å². The molecule has 19 heavy (non-hydrogen) atoms. The van der Waals surface area contributed by atoms with E-state index in [9.17, 15) is 4.79 Å². The van der Waals surface area contributed by atoms with Crippen LogP contribution in [0.2, 0.25) is 0 Å². The summed E-state index contributed by atoms with van der Waals surface area (Å²) in [5.74, 6) is 0.838. The predicted octanol–water partition coefficient (Wildman–Crippen LogP) is 1.70. The van der Waals surface area contributed by atoms with Crippen LogP contribution in [0.15, 0.2) is 18.2 Å². The molecule has 2 N–H and O–H groups in total. The highest BCUT2D eigenvalue weighted by atomic mass is 16.5. The molecule has 0 radical (unpaired) electrons. The molecule has 4 heteroatoms. The van der Waals surface area contributed by atoms with Gasteiger partial charge in [-0.1, -0.05) is 12.1 Å². The van der Waals surface area contributed by atoms with Gasteiger partial charge in [0.25, 0.3) is 0 Å². The molecule has 0 bridgehead atoms. The third-order valence-corrected chi connectivity index (χ3v) is 3.86. The number of nitrogens with zero attached hydrogens (tertiary/aromatic N) is 1. The SMILES string of the molecule is COc1ccc(CN2CCC(C(N)=O)CC2)cc1C. The minimum Gasteiger partial charge on any atom is -0.496 e. The smallest absolute Gasteiger partial charge is 0.220 e. The van der Waals surface area contributed by atoms with Crippen LogP contribution in [0.1, 0.15) is 24.0 Å². The Bertz CT molecular complexity index is 451. The highest BCUT2D eigenvalue weighted by Gasteiger charge is 2.22. The van der Waals surface area contributed by atoms with Crippen molar-refractivity contribution in [3.8, 4) is 5.75 Å². The molecule has 0 atom stereocenters. The fraction of sp³-hybridized carbons (Fsp3) is 0.533. The highest BCUT2D eigenvalue weighted by molar-refractivity contribution is 5.76. The van der Waals surface area contributed by atoms with E-state index in [1.54, 1.807) is 7.11 Å². The van der Waals surface area contributed by atoms with Gasteiger partial charge in [0, 0.05) is 12.5 Å².